The van der Waals surface area contributed by atoms with Crippen LogP contribution in [0, 0.1) is 0 Å². The molecule has 0 aliphatic carbocycles. The van der Waals surface area contributed by atoms with E-state index >= 15 is 0 Å². The van der Waals surface area contributed by atoms with Gasteiger partial charge in [0.25, 0.3) is 0 Å². The minimum Gasteiger partial charge on any atom is -0.457 e. The Hall–Kier alpha value is -9.16. The van der Waals surface area contributed by atoms with Gasteiger partial charge >= 0.3 is 0 Å². The van der Waals surface area contributed by atoms with Crippen LogP contribution in [0.25, 0.3) is 55.0 Å². The van der Waals surface area contributed by atoms with Gasteiger partial charge in [-0.1, -0.05) is 176 Å². The van der Waals surface area contributed by atoms with Crippen LogP contribution in [-0.4, -0.2) is 17.2 Å². The van der Waals surface area contributed by atoms with Crippen molar-refractivity contribution in [1.29, 1.82) is 0 Å². The van der Waals surface area contributed by atoms with Gasteiger partial charge in [-0.3, -0.25) is 0 Å². The molecule has 0 N–H and O–H groups in total. The van der Waals surface area contributed by atoms with E-state index in [0.717, 1.165) is 56.5 Å². The van der Waals surface area contributed by atoms with Gasteiger partial charge in [0, 0.05) is 50.0 Å². The molecule has 0 aliphatic rings. The molecule has 0 bridgehead atoms. The molecule has 0 fully saturated rings. The second kappa shape index (κ2) is 17.7. The van der Waals surface area contributed by atoms with E-state index < -0.39 is 8.07 Å². The fourth-order valence-electron chi connectivity index (χ4n) is 11.0. The molecule has 71 heavy (non-hydrogen) atoms. The molecule has 0 atom stereocenters. The Morgan fingerprint density at radius 2 is 0.634 bits per heavy atom. The van der Waals surface area contributed by atoms with Gasteiger partial charge in [-0.25, -0.2) is 0 Å². The van der Waals surface area contributed by atoms with Gasteiger partial charge < -0.3 is 18.8 Å². The molecule has 0 unspecified atom stereocenters. The lowest BCUT2D eigenvalue weighted by Gasteiger charge is -2.34. The first-order valence-corrected chi connectivity index (χ1v) is 26.2. The number of hydrogen-bond acceptors (Lipinski definition) is 2. The highest BCUT2D eigenvalue weighted by molar-refractivity contribution is 7.20. The highest BCUT2D eigenvalue weighted by Gasteiger charge is 2.41. The Morgan fingerprint density at radius 3 is 1.14 bits per heavy atom. The Kier molecular flexibility index (Phi) is 10.5. The van der Waals surface area contributed by atoms with E-state index in [-0.39, 0.29) is 0 Å². The Bertz CT molecular complexity index is 3890. The molecule has 0 radical (unpaired) electrons. The zero-order valence-corrected chi connectivity index (χ0v) is 39.9. The minimum absolute atomic E-state index is 0.776. The van der Waals surface area contributed by atoms with Crippen molar-refractivity contribution in [1.82, 2.24) is 9.13 Å². The third-order valence-electron chi connectivity index (χ3n) is 14.1. The summed E-state index contributed by atoms with van der Waals surface area (Å²) >= 11 is 0. The number of hydrogen-bond donors (Lipinski definition) is 0. The minimum atomic E-state index is -2.85. The van der Waals surface area contributed by atoms with Crippen molar-refractivity contribution < 1.29 is 4.74 Å². The van der Waals surface area contributed by atoms with Gasteiger partial charge in [-0.15, -0.1) is 0 Å². The summed E-state index contributed by atoms with van der Waals surface area (Å²) in [6.45, 7) is 0. The zero-order valence-electron chi connectivity index (χ0n) is 38.9. The van der Waals surface area contributed by atoms with E-state index in [9.17, 15) is 0 Å². The van der Waals surface area contributed by atoms with Crippen molar-refractivity contribution in [2.75, 3.05) is 4.90 Å². The van der Waals surface area contributed by atoms with E-state index in [1.165, 1.54) is 47.8 Å². The fraction of sp³-hybridized carbons (Fsp3) is 0. The van der Waals surface area contributed by atoms with Crippen LogP contribution in [-0.2, 0) is 0 Å². The van der Waals surface area contributed by atoms with Crippen molar-refractivity contribution in [3.05, 3.63) is 285 Å². The summed E-state index contributed by atoms with van der Waals surface area (Å²) in [5, 5.41) is 10.1. The molecule has 11 aromatic carbocycles. The van der Waals surface area contributed by atoms with E-state index in [0.29, 0.717) is 0 Å². The summed E-state index contributed by atoms with van der Waals surface area (Å²) in [7, 11) is -2.85. The van der Waals surface area contributed by atoms with Crippen molar-refractivity contribution in [2.45, 2.75) is 0 Å². The standard InChI is InChI=1S/C66H47N3OSi/c1-7-21-48(22-8-1)68-63-34-20-19-33-59(63)60-45-51(37-42-64(60)68)67(50-35-39-54(40-36-50)70-53-25-11-3-12-26-53)52-38-43-65-61(46-52)62-47-58(41-44-66(62)69(65)49-23-9-2-10-24-49)71(55-27-13-4-14-28-55,56-29-15-5-16-30-56)57-31-17-6-18-32-57/h1-47H. The van der Waals surface area contributed by atoms with Crippen LogP contribution >= 0.6 is 0 Å². The van der Waals surface area contributed by atoms with Gasteiger partial charge in [0.2, 0.25) is 0 Å². The van der Waals surface area contributed by atoms with Crippen molar-refractivity contribution in [3.63, 3.8) is 0 Å². The summed E-state index contributed by atoms with van der Waals surface area (Å²) in [4.78, 5) is 2.40. The fourth-order valence-corrected chi connectivity index (χ4v) is 15.8. The second-order valence-electron chi connectivity index (χ2n) is 18.1. The van der Waals surface area contributed by atoms with Crippen LogP contribution in [0.1, 0.15) is 0 Å². The quantitative estimate of drug-likeness (QED) is 0.0953. The smallest absolute Gasteiger partial charge is 0.179 e. The summed E-state index contributed by atoms with van der Waals surface area (Å²) in [5.41, 5.74) is 10.0. The second-order valence-corrected chi connectivity index (χ2v) is 21.9. The van der Waals surface area contributed by atoms with Crippen molar-refractivity contribution >= 4 is 89.5 Å². The first-order valence-electron chi connectivity index (χ1n) is 24.2. The lowest BCUT2D eigenvalue weighted by molar-refractivity contribution is 0.483. The topological polar surface area (TPSA) is 22.3 Å². The van der Waals surface area contributed by atoms with Gasteiger partial charge in [0.1, 0.15) is 11.5 Å². The molecule has 13 rings (SSSR count). The normalized spacial score (nSPS) is 11.7. The van der Waals surface area contributed by atoms with Gasteiger partial charge in [-0.2, -0.15) is 0 Å². The van der Waals surface area contributed by atoms with Gasteiger partial charge in [0.05, 0.1) is 22.1 Å². The average Bonchev–Trinajstić information content (AvgIpc) is 3.95. The molecule has 0 aliphatic heterocycles. The number of fused-ring (bicyclic) bond motifs is 6. The maximum Gasteiger partial charge on any atom is 0.179 e. The number of nitrogens with zero attached hydrogens (tertiary/aromatic N) is 3. The largest absolute Gasteiger partial charge is 0.457 e. The predicted molar refractivity (Wildman–Crippen MR) is 300 cm³/mol. The SMILES string of the molecule is c1ccc(Oc2ccc(N(c3ccc4c(c3)c3ccccc3n4-c3ccccc3)c3ccc4c(c3)c3cc([Si](c5ccccc5)(c5ccccc5)c5ccccc5)ccc3n4-c3ccccc3)cc2)cc1. The first-order chi connectivity index (χ1) is 35.2. The van der Waals surface area contributed by atoms with Crippen LogP contribution in [0.5, 0.6) is 11.5 Å². The van der Waals surface area contributed by atoms with Crippen LogP contribution in [0.4, 0.5) is 17.1 Å². The Morgan fingerprint density at radius 1 is 0.268 bits per heavy atom. The van der Waals surface area contributed by atoms with E-state index in [1.54, 1.807) is 0 Å². The number of aromatic nitrogens is 2. The summed E-state index contributed by atoms with van der Waals surface area (Å²) < 4.78 is 11.1. The van der Waals surface area contributed by atoms with Crippen molar-refractivity contribution in [3.8, 4) is 22.9 Å². The highest BCUT2D eigenvalue weighted by atomic mass is 28.3. The molecule has 0 amide bonds. The van der Waals surface area contributed by atoms with Crippen LogP contribution < -0.4 is 30.4 Å². The van der Waals surface area contributed by atoms with Crippen molar-refractivity contribution in [2.24, 2.45) is 0 Å². The van der Waals surface area contributed by atoms with E-state index in [2.05, 4.69) is 269 Å². The Balaban J connectivity index is 1.06. The molecule has 2 aromatic heterocycles. The predicted octanol–water partition coefficient (Wildman–Crippen LogP) is 14.5. The third-order valence-corrected chi connectivity index (χ3v) is 18.9. The molecule has 5 heteroatoms. The van der Waals surface area contributed by atoms with Crippen LogP contribution in [0.15, 0.2) is 285 Å². The number of ether oxygens (including phenoxy) is 1. The molecule has 13 aromatic rings. The van der Waals surface area contributed by atoms with E-state index in [4.69, 9.17) is 4.74 Å². The molecule has 0 saturated carbocycles. The first kappa shape index (κ1) is 42.0. The summed E-state index contributed by atoms with van der Waals surface area (Å²) in [6, 6.07) is 103. The maximum atomic E-state index is 6.34. The number of para-hydroxylation sites is 4. The van der Waals surface area contributed by atoms with E-state index in [1.807, 2.05) is 30.3 Å². The highest BCUT2D eigenvalue weighted by Crippen LogP contribution is 2.43. The number of anilines is 3. The summed E-state index contributed by atoms with van der Waals surface area (Å²) in [6.07, 6.45) is 0. The van der Waals surface area contributed by atoms with Gasteiger partial charge in [-0.05, 0) is 130 Å². The molecule has 2 heterocycles. The average molecular weight is 926 g/mol. The van der Waals surface area contributed by atoms with Crippen LogP contribution in [0.2, 0.25) is 0 Å². The number of rotatable bonds is 11. The molecule has 0 spiro atoms. The molecule has 4 nitrogen and oxygen atoms in total. The lowest BCUT2D eigenvalue weighted by atomic mass is 10.1. The third kappa shape index (κ3) is 7.22. The molecular formula is C66H47N3OSi. The summed E-state index contributed by atoms with van der Waals surface area (Å²) in [5.74, 6) is 1.58. The monoisotopic (exact) mass is 925 g/mol. The maximum absolute atomic E-state index is 6.34. The zero-order chi connectivity index (χ0) is 47.1. The molecule has 0 saturated heterocycles. The van der Waals surface area contributed by atoms with Gasteiger partial charge in [0.15, 0.2) is 8.07 Å². The Labute approximate surface area is 414 Å². The molecule has 336 valence electrons. The van der Waals surface area contributed by atoms with Crippen LogP contribution in [0.3, 0.4) is 0 Å². The molecular weight excluding hydrogens is 879 g/mol. The lowest BCUT2D eigenvalue weighted by Crippen LogP contribution is -2.74. The number of benzene rings is 11.